The number of nitrogens with one attached hydrogen (secondary N) is 1. The molecule has 2 aliphatic rings. The summed E-state index contributed by atoms with van der Waals surface area (Å²) in [5.41, 5.74) is 0.535. The number of carbonyl (C=O) groups excluding carboxylic acids is 1. The Morgan fingerprint density at radius 1 is 1.36 bits per heavy atom. The minimum absolute atomic E-state index is 0.00564. The van der Waals surface area contributed by atoms with Crippen molar-refractivity contribution < 1.29 is 18.0 Å². The molecule has 0 aromatic carbocycles. The molecule has 1 N–H and O–H groups in total. The fourth-order valence-corrected chi connectivity index (χ4v) is 3.77. The van der Waals surface area contributed by atoms with Gasteiger partial charge in [0.1, 0.15) is 5.69 Å². The second-order valence-corrected chi connectivity index (χ2v) is 7.09. The summed E-state index contributed by atoms with van der Waals surface area (Å²) in [5.74, 6) is 0.786. The van der Waals surface area contributed by atoms with E-state index in [-0.39, 0.29) is 18.4 Å². The first-order valence-electron chi connectivity index (χ1n) is 8.99. The van der Waals surface area contributed by atoms with Crippen LogP contribution < -0.4 is 5.32 Å². The molecule has 1 aromatic heterocycles. The quantitative estimate of drug-likeness (QED) is 0.815. The molecule has 0 unspecified atom stereocenters. The Kier molecular flexibility index (Phi) is 5.36. The van der Waals surface area contributed by atoms with Crippen LogP contribution in [0.25, 0.3) is 0 Å². The molecular formula is C17H25F3N4O. The predicted octanol–water partition coefficient (Wildman–Crippen LogP) is 2.69. The molecule has 1 aliphatic heterocycles. The number of amides is 1. The lowest BCUT2D eigenvalue weighted by molar-refractivity contribution is -0.136. The lowest BCUT2D eigenvalue weighted by Gasteiger charge is -2.19. The molecular weight excluding hydrogens is 333 g/mol. The number of aromatic nitrogens is 2. The maximum atomic E-state index is 12.5. The average Bonchev–Trinajstić information content (AvgIpc) is 3.12. The Labute approximate surface area is 145 Å². The van der Waals surface area contributed by atoms with E-state index < -0.39 is 12.6 Å². The van der Waals surface area contributed by atoms with Gasteiger partial charge in [0.15, 0.2) is 0 Å². The number of nitrogens with zero attached hydrogens (tertiary/aromatic N) is 3. The summed E-state index contributed by atoms with van der Waals surface area (Å²) in [6.07, 6.45) is -0.814. The summed E-state index contributed by atoms with van der Waals surface area (Å²) < 4.78 is 38.7. The molecule has 140 valence electrons. The zero-order valence-electron chi connectivity index (χ0n) is 14.4. The van der Waals surface area contributed by atoms with Crippen LogP contribution in [0.4, 0.5) is 13.2 Å². The third kappa shape index (κ3) is 4.74. The molecule has 1 amide bonds. The van der Waals surface area contributed by atoms with Crippen molar-refractivity contribution in [2.45, 2.75) is 51.4 Å². The van der Waals surface area contributed by atoms with Gasteiger partial charge in [0.25, 0.3) is 5.91 Å². The summed E-state index contributed by atoms with van der Waals surface area (Å²) in [4.78, 5) is 14.6. The molecule has 0 radical (unpaired) electrons. The number of likely N-dealkylation sites (tertiary alicyclic amines) is 1. The maximum Gasteiger partial charge on any atom is 0.389 e. The zero-order valence-corrected chi connectivity index (χ0v) is 14.4. The fourth-order valence-electron chi connectivity index (χ4n) is 3.77. The van der Waals surface area contributed by atoms with Crippen molar-refractivity contribution in [1.29, 1.82) is 0 Å². The van der Waals surface area contributed by atoms with Crippen LogP contribution in [0.1, 0.15) is 43.1 Å². The van der Waals surface area contributed by atoms with Crippen molar-refractivity contribution in [3.63, 3.8) is 0 Å². The van der Waals surface area contributed by atoms with E-state index in [4.69, 9.17) is 0 Å². The van der Waals surface area contributed by atoms with Crippen molar-refractivity contribution in [2.75, 3.05) is 19.6 Å². The molecule has 8 heteroatoms. The molecule has 25 heavy (non-hydrogen) atoms. The molecule has 1 saturated carbocycles. The van der Waals surface area contributed by atoms with Gasteiger partial charge < -0.3 is 10.2 Å². The van der Waals surface area contributed by atoms with E-state index in [0.29, 0.717) is 37.2 Å². The van der Waals surface area contributed by atoms with E-state index in [2.05, 4.69) is 15.3 Å². The lowest BCUT2D eigenvalue weighted by atomic mass is 9.98. The van der Waals surface area contributed by atoms with Crippen LogP contribution in [0, 0.1) is 11.8 Å². The Bertz CT molecular complexity index is 597. The summed E-state index contributed by atoms with van der Waals surface area (Å²) >= 11 is 0. The van der Waals surface area contributed by atoms with Gasteiger partial charge in [-0.3, -0.25) is 9.48 Å². The predicted molar refractivity (Wildman–Crippen MR) is 87.1 cm³/mol. The number of hydrogen-bond acceptors (Lipinski definition) is 3. The normalized spacial score (nSPS) is 24.6. The number of rotatable bonds is 7. The summed E-state index contributed by atoms with van der Waals surface area (Å²) in [7, 11) is 0. The van der Waals surface area contributed by atoms with Gasteiger partial charge in [-0.25, -0.2) is 0 Å². The van der Waals surface area contributed by atoms with Crippen LogP contribution in [0.2, 0.25) is 0 Å². The van der Waals surface area contributed by atoms with Gasteiger partial charge in [0, 0.05) is 38.3 Å². The van der Waals surface area contributed by atoms with E-state index in [1.807, 2.05) is 6.92 Å². The Morgan fingerprint density at radius 3 is 2.76 bits per heavy atom. The monoisotopic (exact) mass is 358 g/mol. The van der Waals surface area contributed by atoms with Gasteiger partial charge in [-0.05, 0) is 50.6 Å². The van der Waals surface area contributed by atoms with Crippen molar-refractivity contribution in [3.05, 3.63) is 18.0 Å². The molecule has 2 heterocycles. The van der Waals surface area contributed by atoms with Gasteiger partial charge >= 0.3 is 6.18 Å². The first-order chi connectivity index (χ1) is 11.9. The van der Waals surface area contributed by atoms with Gasteiger partial charge in [-0.2, -0.15) is 18.3 Å². The largest absolute Gasteiger partial charge is 0.389 e. The number of aryl methyl sites for hydroxylation is 1. The van der Waals surface area contributed by atoms with E-state index in [1.165, 1.54) is 0 Å². The first kappa shape index (κ1) is 18.2. The van der Waals surface area contributed by atoms with Crippen molar-refractivity contribution >= 4 is 5.91 Å². The number of carbonyl (C=O) groups is 1. The molecule has 5 nitrogen and oxygen atoms in total. The third-order valence-electron chi connectivity index (χ3n) is 5.17. The second kappa shape index (κ2) is 7.35. The molecule has 0 bridgehead atoms. The molecule has 1 saturated heterocycles. The van der Waals surface area contributed by atoms with Gasteiger partial charge in [-0.1, -0.05) is 0 Å². The Balaban J connectivity index is 1.57. The van der Waals surface area contributed by atoms with Crippen LogP contribution in [-0.2, 0) is 6.54 Å². The van der Waals surface area contributed by atoms with Crippen molar-refractivity contribution in [3.8, 4) is 0 Å². The number of hydrogen-bond donors (Lipinski definition) is 1. The highest BCUT2D eigenvalue weighted by molar-refractivity contribution is 5.92. The highest BCUT2D eigenvalue weighted by Gasteiger charge is 2.43. The van der Waals surface area contributed by atoms with Crippen LogP contribution in [0.3, 0.4) is 0 Å². The minimum Gasteiger partial charge on any atom is -0.346 e. The molecule has 3 rings (SSSR count). The fraction of sp³-hybridized carbons (Fsp3) is 0.765. The van der Waals surface area contributed by atoms with Crippen LogP contribution in [0.5, 0.6) is 0 Å². The zero-order chi connectivity index (χ0) is 18.0. The highest BCUT2D eigenvalue weighted by atomic mass is 19.4. The minimum atomic E-state index is -4.10. The third-order valence-corrected chi connectivity index (χ3v) is 5.17. The molecule has 1 aliphatic carbocycles. The summed E-state index contributed by atoms with van der Waals surface area (Å²) in [6, 6.07) is 1.70. The second-order valence-electron chi connectivity index (χ2n) is 7.09. The topological polar surface area (TPSA) is 50.2 Å². The Morgan fingerprint density at radius 2 is 2.12 bits per heavy atom. The smallest absolute Gasteiger partial charge is 0.346 e. The molecule has 2 fully saturated rings. The summed E-state index contributed by atoms with van der Waals surface area (Å²) in [5, 5.41) is 7.21. The molecule has 1 aromatic rings. The van der Waals surface area contributed by atoms with E-state index >= 15 is 0 Å². The standard InChI is InChI=1S/C17H25F3N4O/c1-2-24-15(6-8-21-24)16(25)22-14-11-23(9-3-7-17(18,19)20)10-13(14)12-4-5-12/h6,8,12-14H,2-5,7,9-11H2,1H3,(H,22,25)/t13-,14+/m1/s1. The lowest BCUT2D eigenvalue weighted by Crippen LogP contribution is -2.42. The average molecular weight is 358 g/mol. The van der Waals surface area contributed by atoms with Crippen molar-refractivity contribution in [1.82, 2.24) is 20.0 Å². The van der Waals surface area contributed by atoms with Crippen LogP contribution in [0.15, 0.2) is 12.3 Å². The van der Waals surface area contributed by atoms with Crippen molar-refractivity contribution in [2.24, 2.45) is 11.8 Å². The molecule has 2 atom stereocenters. The van der Waals surface area contributed by atoms with Gasteiger partial charge in [-0.15, -0.1) is 0 Å². The number of halogens is 3. The maximum absolute atomic E-state index is 12.5. The highest BCUT2D eigenvalue weighted by Crippen LogP contribution is 2.41. The Hall–Kier alpha value is -1.57. The first-order valence-corrected chi connectivity index (χ1v) is 8.99. The summed E-state index contributed by atoms with van der Waals surface area (Å²) in [6.45, 7) is 4.39. The van der Waals surface area contributed by atoms with E-state index in [1.54, 1.807) is 16.9 Å². The SMILES string of the molecule is CCn1nccc1C(=O)N[C@H]1CN(CCCC(F)(F)F)C[C@@H]1C1CC1. The van der Waals surface area contributed by atoms with Gasteiger partial charge in [0.2, 0.25) is 0 Å². The van der Waals surface area contributed by atoms with E-state index in [0.717, 1.165) is 19.4 Å². The van der Waals surface area contributed by atoms with Gasteiger partial charge in [0.05, 0.1) is 0 Å². The van der Waals surface area contributed by atoms with Crippen LogP contribution >= 0.6 is 0 Å². The number of alkyl halides is 3. The van der Waals surface area contributed by atoms with Crippen LogP contribution in [-0.4, -0.2) is 52.4 Å². The molecule has 0 spiro atoms. The van der Waals surface area contributed by atoms with E-state index in [9.17, 15) is 18.0 Å².